The molecular weight excluding hydrogens is 144 g/mol. The summed E-state index contributed by atoms with van der Waals surface area (Å²) in [5, 5.41) is 0. The average Bonchev–Trinajstić information content (AvgIpc) is 2.14. The Morgan fingerprint density at radius 1 is 1.88 bits per heavy atom. The molecule has 2 nitrogen and oxygen atoms in total. The van der Waals surface area contributed by atoms with Crippen molar-refractivity contribution in [1.82, 2.24) is 4.67 Å². The molecule has 0 aromatic rings. The van der Waals surface area contributed by atoms with Crippen molar-refractivity contribution >= 4 is 18.9 Å². The van der Waals surface area contributed by atoms with Crippen LogP contribution in [0.2, 0.25) is 0 Å². The minimum atomic E-state index is -0.723. The molecule has 1 atom stereocenters. The first-order chi connectivity index (χ1) is 3.84. The molecule has 1 heterocycles. The van der Waals surface area contributed by atoms with Crippen LogP contribution in [-0.4, -0.2) is 24.4 Å². The molecule has 0 spiro atoms. The Bertz CT molecular complexity index is 82.4. The fourth-order valence-electron chi connectivity index (χ4n) is 0.651. The maximum Gasteiger partial charge on any atom is 0.206 e. The minimum absolute atomic E-state index is 0.723. The number of hydrogen-bond donors (Lipinski definition) is 0. The minimum Gasteiger partial charge on any atom is -0.330 e. The van der Waals surface area contributed by atoms with Gasteiger partial charge in [-0.05, 0) is 11.2 Å². The Kier molecular flexibility index (Phi) is 2.51. The van der Waals surface area contributed by atoms with Crippen molar-refractivity contribution in [3.63, 3.8) is 0 Å². The third kappa shape index (κ3) is 1.32. The Morgan fingerprint density at radius 2 is 2.62 bits per heavy atom. The van der Waals surface area contributed by atoms with Crippen LogP contribution in [0.3, 0.4) is 0 Å². The molecule has 0 aromatic carbocycles. The van der Waals surface area contributed by atoms with E-state index >= 15 is 0 Å². The summed E-state index contributed by atoms with van der Waals surface area (Å²) in [6.45, 7) is 4.91. The first-order valence-corrected chi connectivity index (χ1v) is 4.80. The van der Waals surface area contributed by atoms with Crippen LogP contribution in [0.4, 0.5) is 0 Å². The molecule has 0 radical (unpaired) electrons. The van der Waals surface area contributed by atoms with E-state index in [4.69, 9.17) is 15.8 Å². The molecule has 48 valence electrons. The van der Waals surface area contributed by atoms with Gasteiger partial charge >= 0.3 is 0 Å². The van der Waals surface area contributed by atoms with E-state index in [-0.39, 0.29) is 0 Å². The van der Waals surface area contributed by atoms with Crippen LogP contribution >= 0.6 is 18.9 Å². The number of nitrogens with zero attached hydrogens (tertiary/aromatic N) is 1. The average molecular weight is 154 g/mol. The van der Waals surface area contributed by atoms with Crippen LogP contribution in [0.25, 0.3) is 0 Å². The zero-order chi connectivity index (χ0) is 5.98. The molecule has 0 amide bonds. The molecule has 4 heteroatoms. The van der Waals surface area contributed by atoms with Crippen molar-refractivity contribution in [2.75, 3.05) is 19.7 Å². The quantitative estimate of drug-likeness (QED) is 0.533. The van der Waals surface area contributed by atoms with Gasteiger partial charge in [-0.15, -0.1) is 0 Å². The summed E-state index contributed by atoms with van der Waals surface area (Å²) >= 11 is 5.75. The zero-order valence-electron chi connectivity index (χ0n) is 4.80. The summed E-state index contributed by atoms with van der Waals surface area (Å²) < 4.78 is 7.25. The highest BCUT2D eigenvalue weighted by Gasteiger charge is 2.21. The summed E-state index contributed by atoms with van der Waals surface area (Å²) in [6, 6.07) is 0. The number of rotatable bonds is 1. The van der Waals surface area contributed by atoms with E-state index in [1.54, 1.807) is 0 Å². The van der Waals surface area contributed by atoms with Gasteiger partial charge in [0, 0.05) is 13.1 Å². The van der Waals surface area contributed by atoms with Crippen molar-refractivity contribution in [2.24, 2.45) is 0 Å². The zero-order valence-corrected chi connectivity index (χ0v) is 6.45. The largest absolute Gasteiger partial charge is 0.330 e. The number of likely N-dealkylation sites (N-methyl/N-ethyl adjacent to an activating group) is 1. The van der Waals surface area contributed by atoms with Gasteiger partial charge in [0.2, 0.25) is 7.65 Å². The summed E-state index contributed by atoms with van der Waals surface area (Å²) in [6.07, 6.45) is 0. The molecule has 8 heavy (non-hydrogen) atoms. The first-order valence-electron chi connectivity index (χ1n) is 2.68. The van der Waals surface area contributed by atoms with E-state index in [0.29, 0.717) is 0 Å². The molecule has 1 aliphatic heterocycles. The molecular formula is C4H9ClNOP. The molecule has 0 bridgehead atoms. The monoisotopic (exact) mass is 153 g/mol. The van der Waals surface area contributed by atoms with E-state index in [1.807, 2.05) is 0 Å². The second-order valence-electron chi connectivity index (χ2n) is 1.61. The van der Waals surface area contributed by atoms with Crippen LogP contribution in [0.15, 0.2) is 0 Å². The number of halogens is 1. The van der Waals surface area contributed by atoms with E-state index < -0.39 is 7.65 Å². The SMILES string of the molecule is CCN1CCOP1Cl. The fraction of sp³-hybridized carbons (Fsp3) is 1.00. The molecule has 0 aromatic heterocycles. The molecule has 1 saturated heterocycles. The van der Waals surface area contributed by atoms with Gasteiger partial charge in [-0.1, -0.05) is 6.92 Å². The van der Waals surface area contributed by atoms with Crippen molar-refractivity contribution in [2.45, 2.75) is 6.92 Å². The lowest BCUT2D eigenvalue weighted by Gasteiger charge is -2.11. The molecule has 0 aliphatic carbocycles. The maximum absolute atomic E-state index is 5.75. The second-order valence-corrected chi connectivity index (χ2v) is 3.75. The smallest absolute Gasteiger partial charge is 0.206 e. The van der Waals surface area contributed by atoms with Gasteiger partial charge in [-0.2, -0.15) is 0 Å². The third-order valence-electron chi connectivity index (χ3n) is 1.13. The van der Waals surface area contributed by atoms with Crippen LogP contribution in [0.1, 0.15) is 6.92 Å². The van der Waals surface area contributed by atoms with Crippen LogP contribution < -0.4 is 0 Å². The van der Waals surface area contributed by atoms with E-state index in [2.05, 4.69) is 11.6 Å². The molecule has 1 unspecified atom stereocenters. The second kappa shape index (κ2) is 2.98. The van der Waals surface area contributed by atoms with Crippen LogP contribution in [0, 0.1) is 0 Å². The van der Waals surface area contributed by atoms with Gasteiger partial charge in [-0.25, -0.2) is 4.67 Å². The lowest BCUT2D eigenvalue weighted by molar-refractivity contribution is 0.395. The molecule has 0 N–H and O–H groups in total. The van der Waals surface area contributed by atoms with Gasteiger partial charge in [0.15, 0.2) is 0 Å². The highest BCUT2D eigenvalue weighted by Crippen LogP contribution is 2.49. The molecule has 0 saturated carbocycles. The van der Waals surface area contributed by atoms with Gasteiger partial charge in [0.1, 0.15) is 0 Å². The van der Waals surface area contributed by atoms with E-state index in [0.717, 1.165) is 19.7 Å². The molecule has 1 fully saturated rings. The topological polar surface area (TPSA) is 12.5 Å². The van der Waals surface area contributed by atoms with Crippen LogP contribution in [-0.2, 0) is 4.52 Å². The first kappa shape index (κ1) is 6.76. The fourth-order valence-corrected chi connectivity index (χ4v) is 2.26. The molecule has 1 aliphatic rings. The maximum atomic E-state index is 5.75. The summed E-state index contributed by atoms with van der Waals surface area (Å²) in [7, 11) is -0.723. The van der Waals surface area contributed by atoms with Crippen LogP contribution in [0.5, 0.6) is 0 Å². The van der Waals surface area contributed by atoms with Gasteiger partial charge in [0.05, 0.1) is 6.61 Å². The predicted octanol–water partition coefficient (Wildman–Crippen LogP) is 1.80. The Balaban J connectivity index is 2.30. The van der Waals surface area contributed by atoms with E-state index in [1.165, 1.54) is 0 Å². The lowest BCUT2D eigenvalue weighted by atomic mass is 10.6. The predicted molar refractivity (Wildman–Crippen MR) is 36.0 cm³/mol. The Morgan fingerprint density at radius 3 is 2.88 bits per heavy atom. The number of hydrogen-bond acceptors (Lipinski definition) is 2. The van der Waals surface area contributed by atoms with Crippen molar-refractivity contribution < 1.29 is 4.52 Å². The third-order valence-corrected chi connectivity index (χ3v) is 3.39. The summed E-state index contributed by atoms with van der Waals surface area (Å²) in [5.41, 5.74) is 0. The summed E-state index contributed by atoms with van der Waals surface area (Å²) in [5.74, 6) is 0. The van der Waals surface area contributed by atoms with Gasteiger partial charge in [0.25, 0.3) is 0 Å². The summed E-state index contributed by atoms with van der Waals surface area (Å²) in [4.78, 5) is 0. The van der Waals surface area contributed by atoms with Crippen molar-refractivity contribution in [3.8, 4) is 0 Å². The van der Waals surface area contributed by atoms with E-state index in [9.17, 15) is 0 Å². The van der Waals surface area contributed by atoms with Crippen molar-refractivity contribution in [3.05, 3.63) is 0 Å². The molecule has 1 rings (SSSR count). The standard InChI is InChI=1S/C4H9ClNOP/c1-2-6-3-4-7-8(6)5/h2-4H2,1H3. The lowest BCUT2D eigenvalue weighted by Crippen LogP contribution is -2.11. The Hall–Kier alpha value is 0.640. The Labute approximate surface area is 55.4 Å². The highest BCUT2D eigenvalue weighted by molar-refractivity contribution is 7.78. The highest BCUT2D eigenvalue weighted by atomic mass is 35.7. The van der Waals surface area contributed by atoms with Gasteiger partial charge in [-0.3, -0.25) is 0 Å². The van der Waals surface area contributed by atoms with Gasteiger partial charge < -0.3 is 4.52 Å². The normalized spacial score (nSPS) is 31.5. The van der Waals surface area contributed by atoms with Crippen molar-refractivity contribution in [1.29, 1.82) is 0 Å².